The summed E-state index contributed by atoms with van der Waals surface area (Å²) in [6.07, 6.45) is 4.10. The van der Waals surface area contributed by atoms with Crippen LogP contribution in [-0.2, 0) is 13.2 Å². The van der Waals surface area contributed by atoms with Crippen molar-refractivity contribution < 1.29 is 9.47 Å². The van der Waals surface area contributed by atoms with Gasteiger partial charge in [0.2, 0.25) is 0 Å². The summed E-state index contributed by atoms with van der Waals surface area (Å²) in [6.45, 7) is 6.04. The minimum absolute atomic E-state index is 0.518. The zero-order chi connectivity index (χ0) is 21.3. The molecule has 0 amide bonds. The first-order valence-corrected chi connectivity index (χ1v) is 11.1. The molecule has 2 aromatic carbocycles. The first-order valence-electron chi connectivity index (χ1n) is 11.1. The van der Waals surface area contributed by atoms with E-state index in [4.69, 9.17) is 9.47 Å². The molecule has 0 aliphatic carbocycles. The molecule has 31 heavy (non-hydrogen) atoms. The summed E-state index contributed by atoms with van der Waals surface area (Å²) in [4.78, 5) is 6.84. The van der Waals surface area contributed by atoms with Crippen LogP contribution in [0.5, 0.6) is 11.5 Å². The van der Waals surface area contributed by atoms with Gasteiger partial charge >= 0.3 is 0 Å². The third kappa shape index (κ3) is 5.98. The topological polar surface area (TPSA) is 46.6 Å². The Kier molecular flexibility index (Phi) is 7.40. The van der Waals surface area contributed by atoms with Crippen LogP contribution in [0.25, 0.3) is 0 Å². The van der Waals surface area contributed by atoms with Crippen molar-refractivity contribution in [2.24, 2.45) is 0 Å². The van der Waals surface area contributed by atoms with Crippen LogP contribution < -0.4 is 19.7 Å². The van der Waals surface area contributed by atoms with Crippen LogP contribution in [0.2, 0.25) is 0 Å². The molecule has 0 atom stereocenters. The lowest BCUT2D eigenvalue weighted by Gasteiger charge is -2.33. The number of hydrogen-bond acceptors (Lipinski definition) is 5. The molecular formula is C26H31N3O2. The van der Waals surface area contributed by atoms with Crippen molar-refractivity contribution in [1.29, 1.82) is 0 Å². The van der Waals surface area contributed by atoms with Crippen LogP contribution in [0.1, 0.15) is 30.9 Å². The van der Waals surface area contributed by atoms with Crippen molar-refractivity contribution in [2.75, 3.05) is 24.6 Å². The fourth-order valence-corrected chi connectivity index (χ4v) is 3.90. The van der Waals surface area contributed by atoms with E-state index in [9.17, 15) is 0 Å². The van der Waals surface area contributed by atoms with Crippen molar-refractivity contribution in [3.05, 3.63) is 84.1 Å². The van der Waals surface area contributed by atoms with Gasteiger partial charge in [-0.15, -0.1) is 0 Å². The summed E-state index contributed by atoms with van der Waals surface area (Å²) < 4.78 is 11.9. The Hall–Kier alpha value is -3.05. The molecule has 5 nitrogen and oxygen atoms in total. The standard InChI is InChI=1S/C26H31N3O2/c1-2-30-25-18-22(11-12-24(25)31-20-21-8-4-3-5-9-21)19-28-23-13-16-29(17-14-23)26-10-6-7-15-27-26/h3-12,15,18,23,28H,2,13-14,16-17,19-20H2,1H3. The number of nitrogens with zero attached hydrogens (tertiary/aromatic N) is 2. The van der Waals surface area contributed by atoms with Crippen molar-refractivity contribution in [3.63, 3.8) is 0 Å². The van der Waals surface area contributed by atoms with Gasteiger partial charge in [0.1, 0.15) is 12.4 Å². The van der Waals surface area contributed by atoms with Crippen LogP contribution in [-0.4, -0.2) is 30.7 Å². The Balaban J connectivity index is 1.30. The molecule has 1 aliphatic rings. The van der Waals surface area contributed by atoms with Gasteiger partial charge in [0.25, 0.3) is 0 Å². The molecular weight excluding hydrogens is 386 g/mol. The van der Waals surface area contributed by atoms with Crippen molar-refractivity contribution in [2.45, 2.75) is 39.0 Å². The highest BCUT2D eigenvalue weighted by molar-refractivity contribution is 5.43. The van der Waals surface area contributed by atoms with Crippen LogP contribution in [0, 0.1) is 0 Å². The fraction of sp³-hybridized carbons (Fsp3) is 0.346. The zero-order valence-electron chi connectivity index (χ0n) is 18.2. The molecule has 1 aliphatic heterocycles. The molecule has 0 spiro atoms. The second-order valence-electron chi connectivity index (χ2n) is 7.82. The molecule has 1 aromatic heterocycles. The van der Waals surface area contributed by atoms with E-state index in [1.807, 2.05) is 43.5 Å². The van der Waals surface area contributed by atoms with E-state index in [0.29, 0.717) is 19.3 Å². The Bertz CT molecular complexity index is 926. The molecule has 0 radical (unpaired) electrons. The fourth-order valence-electron chi connectivity index (χ4n) is 3.90. The molecule has 2 heterocycles. The third-order valence-corrected chi connectivity index (χ3v) is 5.61. The Morgan fingerprint density at radius 2 is 1.71 bits per heavy atom. The van der Waals surface area contributed by atoms with E-state index in [0.717, 1.165) is 55.4 Å². The third-order valence-electron chi connectivity index (χ3n) is 5.61. The molecule has 1 fully saturated rings. The lowest BCUT2D eigenvalue weighted by molar-refractivity contribution is 0.269. The number of nitrogens with one attached hydrogen (secondary N) is 1. The molecule has 1 saturated heterocycles. The van der Waals surface area contributed by atoms with E-state index in [1.54, 1.807) is 0 Å². The maximum Gasteiger partial charge on any atom is 0.161 e. The van der Waals surface area contributed by atoms with Gasteiger partial charge in [-0.05, 0) is 55.2 Å². The average molecular weight is 418 g/mol. The maximum atomic E-state index is 6.02. The number of benzene rings is 2. The zero-order valence-corrected chi connectivity index (χ0v) is 18.2. The van der Waals surface area contributed by atoms with Gasteiger partial charge in [-0.25, -0.2) is 4.98 Å². The minimum atomic E-state index is 0.518. The number of ether oxygens (including phenoxy) is 2. The Labute approximate surface area is 185 Å². The summed E-state index contributed by atoms with van der Waals surface area (Å²) in [6, 6.07) is 23.1. The number of aromatic nitrogens is 1. The summed E-state index contributed by atoms with van der Waals surface area (Å²) in [5, 5.41) is 3.71. The average Bonchev–Trinajstić information content (AvgIpc) is 2.84. The van der Waals surface area contributed by atoms with Crippen molar-refractivity contribution >= 4 is 5.82 Å². The SMILES string of the molecule is CCOc1cc(CNC2CCN(c3ccccn3)CC2)ccc1OCc1ccccc1. The predicted molar refractivity (Wildman–Crippen MR) is 125 cm³/mol. The minimum Gasteiger partial charge on any atom is -0.490 e. The molecule has 0 unspecified atom stereocenters. The lowest BCUT2D eigenvalue weighted by atomic mass is 10.0. The quantitative estimate of drug-likeness (QED) is 0.541. The van der Waals surface area contributed by atoms with Gasteiger partial charge in [0.15, 0.2) is 11.5 Å². The van der Waals surface area contributed by atoms with E-state index >= 15 is 0 Å². The van der Waals surface area contributed by atoms with Gasteiger partial charge < -0.3 is 19.7 Å². The second kappa shape index (κ2) is 10.8. The molecule has 0 bridgehead atoms. The van der Waals surface area contributed by atoms with Crippen molar-refractivity contribution in [1.82, 2.24) is 10.3 Å². The van der Waals surface area contributed by atoms with Gasteiger partial charge in [-0.1, -0.05) is 42.5 Å². The summed E-state index contributed by atoms with van der Waals surface area (Å²) in [5.41, 5.74) is 2.36. The van der Waals surface area contributed by atoms with E-state index in [2.05, 4.69) is 51.6 Å². The van der Waals surface area contributed by atoms with Gasteiger partial charge in [-0.3, -0.25) is 0 Å². The maximum absolute atomic E-state index is 6.02. The summed E-state index contributed by atoms with van der Waals surface area (Å²) in [7, 11) is 0. The molecule has 162 valence electrons. The smallest absolute Gasteiger partial charge is 0.161 e. The van der Waals surface area contributed by atoms with E-state index < -0.39 is 0 Å². The molecule has 1 N–H and O–H groups in total. The highest BCUT2D eigenvalue weighted by Gasteiger charge is 2.19. The van der Waals surface area contributed by atoms with Gasteiger partial charge in [0, 0.05) is 31.9 Å². The molecule has 4 rings (SSSR count). The number of hydrogen-bond donors (Lipinski definition) is 1. The van der Waals surface area contributed by atoms with Crippen LogP contribution in [0.15, 0.2) is 72.9 Å². The summed E-state index contributed by atoms with van der Waals surface area (Å²) in [5.74, 6) is 2.68. The highest BCUT2D eigenvalue weighted by Crippen LogP contribution is 2.29. The molecule has 0 saturated carbocycles. The number of pyridine rings is 1. The highest BCUT2D eigenvalue weighted by atomic mass is 16.5. The van der Waals surface area contributed by atoms with E-state index in [-0.39, 0.29) is 0 Å². The second-order valence-corrected chi connectivity index (χ2v) is 7.82. The number of rotatable bonds is 9. The number of anilines is 1. The number of piperidine rings is 1. The first-order chi connectivity index (χ1) is 15.3. The van der Waals surface area contributed by atoms with Crippen LogP contribution >= 0.6 is 0 Å². The monoisotopic (exact) mass is 417 g/mol. The Morgan fingerprint density at radius 1 is 0.903 bits per heavy atom. The van der Waals surface area contributed by atoms with Crippen molar-refractivity contribution in [3.8, 4) is 11.5 Å². The van der Waals surface area contributed by atoms with Crippen LogP contribution in [0.3, 0.4) is 0 Å². The lowest BCUT2D eigenvalue weighted by Crippen LogP contribution is -2.42. The first kappa shape index (κ1) is 21.2. The molecule has 5 heteroatoms. The van der Waals surface area contributed by atoms with Gasteiger partial charge in [0.05, 0.1) is 6.61 Å². The normalized spacial score (nSPS) is 14.4. The Morgan fingerprint density at radius 3 is 2.45 bits per heavy atom. The van der Waals surface area contributed by atoms with Crippen LogP contribution in [0.4, 0.5) is 5.82 Å². The molecule has 3 aromatic rings. The largest absolute Gasteiger partial charge is 0.490 e. The van der Waals surface area contributed by atoms with E-state index in [1.165, 1.54) is 5.56 Å². The summed E-state index contributed by atoms with van der Waals surface area (Å²) >= 11 is 0. The predicted octanol–water partition coefficient (Wildman–Crippen LogP) is 4.82. The van der Waals surface area contributed by atoms with Gasteiger partial charge in [-0.2, -0.15) is 0 Å².